The number of fused-ring (bicyclic) bond motifs is 1. The van der Waals surface area contributed by atoms with Crippen molar-refractivity contribution in [1.29, 1.82) is 0 Å². The van der Waals surface area contributed by atoms with Crippen LogP contribution in [0.5, 0.6) is 0 Å². The Morgan fingerprint density at radius 2 is 1.64 bits per heavy atom. The Bertz CT molecular complexity index is 1340. The van der Waals surface area contributed by atoms with Gasteiger partial charge in [-0.3, -0.25) is 14.2 Å². The van der Waals surface area contributed by atoms with Gasteiger partial charge < -0.3 is 4.90 Å². The number of rotatable bonds is 6. The Labute approximate surface area is 200 Å². The monoisotopic (exact) mass is 483 g/mol. The number of hydrogen-bond donors (Lipinski definition) is 0. The molecule has 1 aromatic heterocycles. The van der Waals surface area contributed by atoms with E-state index >= 15 is 0 Å². The zero-order valence-electron chi connectivity index (χ0n) is 17.7. The highest BCUT2D eigenvalue weighted by Crippen LogP contribution is 2.26. The van der Waals surface area contributed by atoms with Crippen LogP contribution in [0.2, 0.25) is 0 Å². The number of nitrogens with zero attached hydrogens (tertiary/aromatic N) is 3. The van der Waals surface area contributed by atoms with Crippen LogP contribution in [-0.2, 0) is 11.3 Å². The van der Waals surface area contributed by atoms with E-state index in [2.05, 4.69) is 0 Å². The van der Waals surface area contributed by atoms with Crippen LogP contribution < -0.4 is 5.56 Å². The van der Waals surface area contributed by atoms with Crippen molar-refractivity contribution in [2.45, 2.75) is 24.3 Å². The molecule has 33 heavy (non-hydrogen) atoms. The van der Waals surface area contributed by atoms with Crippen LogP contribution in [0.4, 0.5) is 4.39 Å². The largest absolute Gasteiger partial charge is 0.326 e. The second-order valence-corrected chi connectivity index (χ2v) is 8.63. The molecule has 5 nitrogen and oxygen atoms in total. The van der Waals surface area contributed by atoms with Crippen molar-refractivity contribution in [3.05, 3.63) is 106 Å². The average molecular weight is 484 g/mol. The topological polar surface area (TPSA) is 55.2 Å². The quantitative estimate of drug-likeness (QED) is 0.344. The van der Waals surface area contributed by atoms with Crippen LogP contribution in [-0.4, -0.2) is 25.2 Å². The Balaban J connectivity index is 1.91. The zero-order valence-corrected chi connectivity index (χ0v) is 19.2. The van der Waals surface area contributed by atoms with E-state index in [9.17, 15) is 14.0 Å². The summed E-state index contributed by atoms with van der Waals surface area (Å²) >= 11 is 11.9. The summed E-state index contributed by atoms with van der Waals surface area (Å²) in [5, 5.41) is 0.409. The molecule has 3 aromatic carbocycles. The number of carbonyl (C=O) groups excluding carboxylic acids is 1. The number of halogens is 3. The normalized spacial score (nSPS) is 12.2. The van der Waals surface area contributed by atoms with Crippen LogP contribution in [0.1, 0.15) is 24.4 Å². The summed E-state index contributed by atoms with van der Waals surface area (Å²) in [5.74, 6) is -0.630. The minimum absolute atomic E-state index is 0.211. The first kappa shape index (κ1) is 23.0. The summed E-state index contributed by atoms with van der Waals surface area (Å²) in [5.41, 5.74) is 1.46. The molecule has 0 saturated carbocycles. The lowest BCUT2D eigenvalue weighted by molar-refractivity contribution is -0.132. The number of hydrogen-bond acceptors (Lipinski definition) is 3. The first-order chi connectivity index (χ1) is 15.9. The van der Waals surface area contributed by atoms with Crippen LogP contribution in [0, 0.1) is 5.82 Å². The third kappa shape index (κ3) is 4.77. The maximum absolute atomic E-state index is 13.6. The zero-order chi connectivity index (χ0) is 23.5. The first-order valence-electron chi connectivity index (χ1n) is 10.3. The molecule has 0 spiro atoms. The average Bonchev–Trinajstić information content (AvgIpc) is 2.83. The SMILES string of the molecule is CC(c1nc2ccccc2c(=O)n1-c1ccc(F)cc1)N(Cc1ccccc1)C(=O)C(Cl)Cl. The second-order valence-electron chi connectivity index (χ2n) is 7.53. The highest BCUT2D eigenvalue weighted by atomic mass is 35.5. The van der Waals surface area contributed by atoms with Gasteiger partial charge in [0, 0.05) is 6.54 Å². The van der Waals surface area contributed by atoms with Crippen LogP contribution in [0.25, 0.3) is 16.6 Å². The third-order valence-corrected chi connectivity index (χ3v) is 5.77. The van der Waals surface area contributed by atoms with Crippen LogP contribution >= 0.6 is 23.2 Å². The molecule has 1 amide bonds. The molecule has 1 unspecified atom stereocenters. The fourth-order valence-corrected chi connectivity index (χ4v) is 3.97. The van der Waals surface area contributed by atoms with E-state index in [4.69, 9.17) is 28.2 Å². The lowest BCUT2D eigenvalue weighted by Crippen LogP contribution is -2.39. The van der Waals surface area contributed by atoms with Crippen molar-refractivity contribution in [2.75, 3.05) is 0 Å². The smallest absolute Gasteiger partial charge is 0.266 e. The Kier molecular flexibility index (Phi) is 6.77. The van der Waals surface area contributed by atoms with Crippen molar-refractivity contribution >= 4 is 40.0 Å². The van der Waals surface area contributed by atoms with Gasteiger partial charge in [-0.15, -0.1) is 0 Å². The summed E-state index contributed by atoms with van der Waals surface area (Å²) in [4.78, 5) is 31.4. The number of alkyl halides is 2. The first-order valence-corrected chi connectivity index (χ1v) is 11.1. The van der Waals surface area contributed by atoms with Crippen molar-refractivity contribution in [3.63, 3.8) is 0 Å². The number of amides is 1. The van der Waals surface area contributed by atoms with Gasteiger partial charge in [-0.2, -0.15) is 0 Å². The van der Waals surface area contributed by atoms with Crippen LogP contribution in [0.3, 0.4) is 0 Å². The van der Waals surface area contributed by atoms with Crippen LogP contribution in [0.15, 0.2) is 83.7 Å². The van der Waals surface area contributed by atoms with Gasteiger partial charge in [-0.1, -0.05) is 65.7 Å². The fourth-order valence-electron chi connectivity index (χ4n) is 3.72. The van der Waals surface area contributed by atoms with Gasteiger partial charge in [0.1, 0.15) is 11.6 Å². The number of aromatic nitrogens is 2. The molecule has 0 aliphatic carbocycles. The summed E-state index contributed by atoms with van der Waals surface area (Å²) in [7, 11) is 0. The van der Waals surface area contributed by atoms with Crippen molar-refractivity contribution in [1.82, 2.24) is 14.5 Å². The lowest BCUT2D eigenvalue weighted by atomic mass is 10.1. The van der Waals surface area contributed by atoms with E-state index in [0.29, 0.717) is 22.4 Å². The molecule has 168 valence electrons. The van der Waals surface area contributed by atoms with Gasteiger partial charge in [-0.05, 0) is 48.9 Å². The van der Waals surface area contributed by atoms with E-state index in [-0.39, 0.29) is 12.1 Å². The molecule has 4 aromatic rings. The van der Waals surface area contributed by atoms with Gasteiger partial charge in [0.05, 0.1) is 22.6 Å². The van der Waals surface area contributed by atoms with E-state index in [1.54, 1.807) is 31.2 Å². The van der Waals surface area contributed by atoms with E-state index in [1.165, 1.54) is 33.7 Å². The summed E-state index contributed by atoms with van der Waals surface area (Å²) in [6.45, 7) is 1.97. The molecule has 0 aliphatic rings. The maximum atomic E-state index is 13.6. The van der Waals surface area contributed by atoms with Crippen molar-refractivity contribution < 1.29 is 9.18 Å². The Hall–Kier alpha value is -3.22. The van der Waals surface area contributed by atoms with Gasteiger partial charge in [-0.25, -0.2) is 9.37 Å². The molecule has 1 atom stereocenters. The Morgan fingerprint density at radius 1 is 1.00 bits per heavy atom. The van der Waals surface area contributed by atoms with Gasteiger partial charge in [0.2, 0.25) is 0 Å². The number of para-hydroxylation sites is 1. The fraction of sp³-hybridized carbons (Fsp3) is 0.160. The van der Waals surface area contributed by atoms with Crippen molar-refractivity contribution in [3.8, 4) is 5.69 Å². The molecule has 4 rings (SSSR count). The number of benzene rings is 3. The van der Waals surface area contributed by atoms with Gasteiger partial charge >= 0.3 is 0 Å². The van der Waals surface area contributed by atoms with Gasteiger partial charge in [0.15, 0.2) is 4.84 Å². The predicted octanol–water partition coefficient (Wildman–Crippen LogP) is 5.42. The molecule has 0 fully saturated rings. The standard InChI is InChI=1S/C25H20Cl2FN3O2/c1-16(30(25(33)22(26)27)15-17-7-3-2-4-8-17)23-29-21-10-6-5-9-20(21)24(32)31(23)19-13-11-18(28)12-14-19/h2-14,16,22H,15H2,1H3. The maximum Gasteiger partial charge on any atom is 0.266 e. The van der Waals surface area contributed by atoms with E-state index in [0.717, 1.165) is 5.56 Å². The molecular formula is C25H20Cl2FN3O2. The predicted molar refractivity (Wildman–Crippen MR) is 128 cm³/mol. The minimum atomic E-state index is -1.29. The summed E-state index contributed by atoms with van der Waals surface area (Å²) in [6, 6.07) is 21.2. The molecule has 0 bridgehead atoms. The molecular weight excluding hydrogens is 464 g/mol. The molecule has 0 radical (unpaired) electrons. The minimum Gasteiger partial charge on any atom is -0.326 e. The summed E-state index contributed by atoms with van der Waals surface area (Å²) < 4.78 is 15.0. The molecule has 0 saturated heterocycles. The highest BCUT2D eigenvalue weighted by molar-refractivity contribution is 6.53. The van der Waals surface area contributed by atoms with Crippen molar-refractivity contribution in [2.24, 2.45) is 0 Å². The number of carbonyl (C=O) groups is 1. The summed E-state index contributed by atoms with van der Waals surface area (Å²) in [6.07, 6.45) is 0. The lowest BCUT2D eigenvalue weighted by Gasteiger charge is -2.31. The third-order valence-electron chi connectivity index (χ3n) is 5.39. The molecule has 0 aliphatic heterocycles. The molecule has 0 N–H and O–H groups in total. The molecule has 1 heterocycles. The van der Waals surface area contributed by atoms with Gasteiger partial charge in [0.25, 0.3) is 11.5 Å². The second kappa shape index (κ2) is 9.73. The highest BCUT2D eigenvalue weighted by Gasteiger charge is 2.30. The molecule has 8 heteroatoms. The van der Waals surface area contributed by atoms with E-state index < -0.39 is 22.6 Å². The van der Waals surface area contributed by atoms with E-state index in [1.807, 2.05) is 30.3 Å². The Morgan fingerprint density at radius 3 is 2.30 bits per heavy atom.